The summed E-state index contributed by atoms with van der Waals surface area (Å²) in [5, 5.41) is 11.3. The molecule has 0 fully saturated rings. The molecule has 0 aliphatic heterocycles. The Morgan fingerprint density at radius 1 is 0.723 bits per heavy atom. The Morgan fingerprint density at radius 3 is 1.60 bits per heavy atom. The summed E-state index contributed by atoms with van der Waals surface area (Å²) in [7, 11) is 0. The molecule has 0 unspecified atom stereocenters. The number of rotatable bonds is 7. The summed E-state index contributed by atoms with van der Waals surface area (Å²) in [6, 6.07) is 34.7. The molecule has 1 amide bonds. The molecular weight excluding hydrogens is 670 g/mol. The zero-order valence-electron chi connectivity index (χ0n) is 29.1. The standard InChI is InChI=1S/C14H21NO2.C9H13N.C9H9N.C8H9Br.ClH/c1-5-11-7-6-8-12(9-11)10-15-13(16)17-14(2,3)4;2*1-2-8-4-3-5-9(6-8)7-10;1-2-7-4-3-5-8(9)6-7;/h6-9H,5,10H2,1-4H3,(H,15,16);3-6H,2,7,10H2,1H3;3-6H,2H2,1H3;3-6H,2H2,1H3;1H. The van der Waals surface area contributed by atoms with Crippen LogP contribution in [0.1, 0.15) is 87.4 Å². The van der Waals surface area contributed by atoms with Crippen molar-refractivity contribution in [3.8, 4) is 6.07 Å². The van der Waals surface area contributed by atoms with Gasteiger partial charge in [-0.1, -0.05) is 116 Å². The molecule has 0 spiro atoms. The van der Waals surface area contributed by atoms with Crippen LogP contribution in [0, 0.1) is 11.3 Å². The average molecular weight is 723 g/mol. The molecule has 5 nitrogen and oxygen atoms in total. The minimum absolute atomic E-state index is 0. The molecule has 0 bridgehead atoms. The number of nitrogens with one attached hydrogen (secondary N) is 1. The molecule has 4 aromatic rings. The summed E-state index contributed by atoms with van der Waals surface area (Å²) in [6.07, 6.45) is 3.82. The number of hydrogen-bond donors (Lipinski definition) is 2. The van der Waals surface area contributed by atoms with Gasteiger partial charge in [-0.2, -0.15) is 5.26 Å². The third-order valence-corrected chi connectivity index (χ3v) is 7.13. The molecule has 4 rings (SSSR count). The van der Waals surface area contributed by atoms with Gasteiger partial charge in [-0.3, -0.25) is 0 Å². The van der Waals surface area contributed by atoms with Gasteiger partial charge in [0.25, 0.3) is 0 Å². The Balaban J connectivity index is 0.000000618. The number of carbonyl (C=O) groups is 1. The number of carbonyl (C=O) groups excluding carboxylic acids is 1. The molecule has 0 saturated heterocycles. The molecule has 0 saturated carbocycles. The second-order valence-electron chi connectivity index (χ2n) is 11.6. The lowest BCUT2D eigenvalue weighted by Gasteiger charge is -2.19. The highest BCUT2D eigenvalue weighted by Gasteiger charge is 2.15. The maximum Gasteiger partial charge on any atom is 0.407 e. The molecule has 47 heavy (non-hydrogen) atoms. The maximum atomic E-state index is 11.5. The van der Waals surface area contributed by atoms with Crippen molar-refractivity contribution < 1.29 is 9.53 Å². The predicted molar refractivity (Wildman–Crippen MR) is 204 cm³/mol. The lowest BCUT2D eigenvalue weighted by molar-refractivity contribution is 0.0523. The van der Waals surface area contributed by atoms with Crippen LogP contribution in [0.15, 0.2) is 102 Å². The normalized spacial score (nSPS) is 9.79. The Kier molecular flexibility index (Phi) is 22.6. The predicted octanol–water partition coefficient (Wildman–Crippen LogP) is 10.5. The van der Waals surface area contributed by atoms with Gasteiger partial charge in [-0.25, -0.2) is 4.79 Å². The van der Waals surface area contributed by atoms with E-state index in [1.807, 2.05) is 63.2 Å². The van der Waals surface area contributed by atoms with E-state index in [1.54, 1.807) is 0 Å². The van der Waals surface area contributed by atoms with Gasteiger partial charge in [0.1, 0.15) is 5.60 Å². The van der Waals surface area contributed by atoms with Gasteiger partial charge in [-0.05, 0) is 104 Å². The van der Waals surface area contributed by atoms with Crippen LogP contribution in [0.3, 0.4) is 0 Å². The Hall–Kier alpha value is -3.63. The minimum Gasteiger partial charge on any atom is -0.444 e. The fraction of sp³-hybridized carbons (Fsp3) is 0.350. The summed E-state index contributed by atoms with van der Waals surface area (Å²) in [6.45, 7) is 15.2. The first-order valence-corrected chi connectivity index (χ1v) is 16.8. The summed E-state index contributed by atoms with van der Waals surface area (Å²) in [5.41, 5.74) is 13.3. The van der Waals surface area contributed by atoms with E-state index in [0.29, 0.717) is 13.1 Å². The Bertz CT molecular complexity index is 1480. The van der Waals surface area contributed by atoms with Crippen molar-refractivity contribution in [3.05, 3.63) is 140 Å². The number of halogens is 2. The second-order valence-corrected chi connectivity index (χ2v) is 12.5. The van der Waals surface area contributed by atoms with E-state index in [9.17, 15) is 4.79 Å². The van der Waals surface area contributed by atoms with Gasteiger partial charge in [0, 0.05) is 17.6 Å². The molecule has 0 aromatic heterocycles. The third kappa shape index (κ3) is 20.3. The highest BCUT2D eigenvalue weighted by Crippen LogP contribution is 2.12. The molecule has 0 aliphatic rings. The van der Waals surface area contributed by atoms with Gasteiger partial charge >= 0.3 is 6.09 Å². The number of nitriles is 1. The molecule has 0 aliphatic carbocycles. The van der Waals surface area contributed by atoms with Crippen LogP contribution in [0.5, 0.6) is 0 Å². The first-order chi connectivity index (χ1) is 22.0. The average Bonchev–Trinajstić information content (AvgIpc) is 3.07. The van der Waals surface area contributed by atoms with Gasteiger partial charge in [0.15, 0.2) is 0 Å². The van der Waals surface area contributed by atoms with Crippen molar-refractivity contribution in [2.24, 2.45) is 5.73 Å². The number of nitrogens with two attached hydrogens (primary N) is 1. The number of benzene rings is 4. The molecular formula is C40H53BrClN3O2. The number of ether oxygens (including phenoxy) is 1. The molecule has 0 atom stereocenters. The number of hydrogen-bond acceptors (Lipinski definition) is 4. The van der Waals surface area contributed by atoms with E-state index < -0.39 is 5.60 Å². The minimum atomic E-state index is -0.449. The fourth-order valence-corrected chi connectivity index (χ4v) is 4.49. The van der Waals surface area contributed by atoms with Crippen LogP contribution in [-0.2, 0) is 43.5 Å². The monoisotopic (exact) mass is 721 g/mol. The molecule has 4 aromatic carbocycles. The van der Waals surface area contributed by atoms with Crippen LogP contribution < -0.4 is 11.1 Å². The van der Waals surface area contributed by atoms with Crippen LogP contribution in [0.2, 0.25) is 0 Å². The maximum absolute atomic E-state index is 11.5. The SMILES string of the molecule is CCc1cccc(Br)c1.CCc1cccc(C#N)c1.CCc1cccc(CN)c1.CCc1cccc(CNC(=O)OC(C)(C)C)c1.Cl. The van der Waals surface area contributed by atoms with Gasteiger partial charge in [0.2, 0.25) is 0 Å². The first-order valence-electron chi connectivity index (χ1n) is 16.0. The lowest BCUT2D eigenvalue weighted by Crippen LogP contribution is -2.32. The van der Waals surface area contributed by atoms with E-state index in [2.05, 4.69) is 110 Å². The summed E-state index contributed by atoms with van der Waals surface area (Å²) in [5.74, 6) is 0. The highest BCUT2D eigenvalue weighted by molar-refractivity contribution is 9.10. The van der Waals surface area contributed by atoms with Crippen LogP contribution in [0.25, 0.3) is 0 Å². The first kappa shape index (κ1) is 43.4. The van der Waals surface area contributed by atoms with Crippen molar-refractivity contribution in [2.75, 3.05) is 0 Å². The van der Waals surface area contributed by atoms with E-state index in [0.717, 1.165) is 36.8 Å². The molecule has 0 heterocycles. The fourth-order valence-electron chi connectivity index (χ4n) is 4.04. The Labute approximate surface area is 298 Å². The smallest absolute Gasteiger partial charge is 0.407 e. The quantitative estimate of drug-likeness (QED) is 0.199. The van der Waals surface area contributed by atoms with Gasteiger partial charge in [0.05, 0.1) is 11.6 Å². The van der Waals surface area contributed by atoms with Crippen LogP contribution >= 0.6 is 28.3 Å². The molecule has 0 radical (unpaired) electrons. The number of alkyl carbamates (subject to hydrolysis) is 1. The zero-order valence-corrected chi connectivity index (χ0v) is 31.5. The summed E-state index contributed by atoms with van der Waals surface area (Å²) < 4.78 is 6.33. The number of amides is 1. The largest absolute Gasteiger partial charge is 0.444 e. The van der Waals surface area contributed by atoms with Gasteiger partial charge < -0.3 is 15.8 Å². The van der Waals surface area contributed by atoms with E-state index in [-0.39, 0.29) is 18.5 Å². The van der Waals surface area contributed by atoms with Gasteiger partial charge in [-0.15, -0.1) is 12.4 Å². The van der Waals surface area contributed by atoms with Crippen molar-refractivity contribution in [1.29, 1.82) is 5.26 Å². The van der Waals surface area contributed by atoms with Crippen molar-refractivity contribution in [2.45, 2.75) is 92.8 Å². The van der Waals surface area contributed by atoms with E-state index >= 15 is 0 Å². The second kappa shape index (κ2) is 24.5. The highest BCUT2D eigenvalue weighted by atomic mass is 79.9. The Morgan fingerprint density at radius 2 is 1.15 bits per heavy atom. The van der Waals surface area contributed by atoms with Crippen LogP contribution in [-0.4, -0.2) is 11.7 Å². The molecule has 254 valence electrons. The van der Waals surface area contributed by atoms with Crippen molar-refractivity contribution in [3.63, 3.8) is 0 Å². The van der Waals surface area contributed by atoms with E-state index in [4.69, 9.17) is 15.7 Å². The van der Waals surface area contributed by atoms with Crippen LogP contribution in [0.4, 0.5) is 4.79 Å². The molecule has 7 heteroatoms. The number of aryl methyl sites for hydroxylation is 4. The lowest BCUT2D eigenvalue weighted by atomic mass is 10.1. The van der Waals surface area contributed by atoms with Crippen molar-refractivity contribution >= 4 is 34.4 Å². The topological polar surface area (TPSA) is 88.1 Å². The number of nitrogens with zero attached hydrogens (tertiary/aromatic N) is 1. The zero-order chi connectivity index (χ0) is 34.4. The summed E-state index contributed by atoms with van der Waals surface area (Å²) in [4.78, 5) is 11.5. The summed E-state index contributed by atoms with van der Waals surface area (Å²) >= 11 is 3.40. The third-order valence-electron chi connectivity index (χ3n) is 6.63. The molecule has 3 N–H and O–H groups in total. The van der Waals surface area contributed by atoms with E-state index in [1.165, 1.54) is 32.3 Å². The van der Waals surface area contributed by atoms with Crippen molar-refractivity contribution in [1.82, 2.24) is 5.32 Å².